The number of amides is 1. The highest BCUT2D eigenvalue weighted by molar-refractivity contribution is 6.29. The molecule has 0 atom stereocenters. The van der Waals surface area contributed by atoms with Gasteiger partial charge in [-0.05, 0) is 36.8 Å². The number of nitrogens with zero attached hydrogens (tertiary/aromatic N) is 2. The molecule has 0 aliphatic rings. The van der Waals surface area contributed by atoms with Crippen LogP contribution in [0.4, 0.5) is 5.69 Å². The zero-order valence-electron chi connectivity index (χ0n) is 9.14. The van der Waals surface area contributed by atoms with E-state index in [4.69, 9.17) is 11.6 Å². The molecule has 0 fully saturated rings. The Morgan fingerprint density at radius 2 is 2.06 bits per heavy atom. The molecule has 0 unspecified atom stereocenters. The van der Waals surface area contributed by atoms with E-state index >= 15 is 0 Å². The molecule has 0 radical (unpaired) electrons. The standard InChI is InChI=1S/C12H10ClN3O/c1-8-3-2-4-9(7-8)14-12(17)10-5-6-11(13)16-15-10/h2-7H,1H3,(H,14,17). The SMILES string of the molecule is Cc1cccc(NC(=O)c2ccc(Cl)nn2)c1. The zero-order chi connectivity index (χ0) is 12.3. The van der Waals surface area contributed by atoms with Gasteiger partial charge in [-0.1, -0.05) is 23.7 Å². The summed E-state index contributed by atoms with van der Waals surface area (Å²) in [6, 6.07) is 10.6. The second-order valence-corrected chi connectivity index (χ2v) is 3.95. The molecule has 0 saturated heterocycles. The van der Waals surface area contributed by atoms with E-state index in [1.807, 2.05) is 31.2 Å². The van der Waals surface area contributed by atoms with Crippen LogP contribution in [0.3, 0.4) is 0 Å². The summed E-state index contributed by atoms with van der Waals surface area (Å²) in [5, 5.41) is 10.3. The van der Waals surface area contributed by atoms with Gasteiger partial charge >= 0.3 is 0 Å². The Labute approximate surface area is 104 Å². The van der Waals surface area contributed by atoms with Gasteiger partial charge in [0.05, 0.1) is 0 Å². The van der Waals surface area contributed by atoms with E-state index in [1.165, 1.54) is 12.1 Å². The summed E-state index contributed by atoms with van der Waals surface area (Å²) in [6.45, 7) is 1.96. The van der Waals surface area contributed by atoms with Gasteiger partial charge in [0.2, 0.25) is 0 Å². The van der Waals surface area contributed by atoms with Crippen molar-refractivity contribution in [2.75, 3.05) is 5.32 Å². The monoisotopic (exact) mass is 247 g/mol. The second kappa shape index (κ2) is 4.93. The zero-order valence-corrected chi connectivity index (χ0v) is 9.90. The van der Waals surface area contributed by atoms with E-state index in [-0.39, 0.29) is 16.8 Å². The third-order valence-corrected chi connectivity index (χ3v) is 2.34. The smallest absolute Gasteiger partial charge is 0.276 e. The highest BCUT2D eigenvalue weighted by Gasteiger charge is 2.08. The van der Waals surface area contributed by atoms with Gasteiger partial charge in [0.25, 0.3) is 5.91 Å². The summed E-state index contributed by atoms with van der Waals surface area (Å²) in [5.74, 6) is -0.306. The fraction of sp³-hybridized carbons (Fsp3) is 0.0833. The molecule has 1 aromatic carbocycles. The molecule has 1 N–H and O–H groups in total. The predicted octanol–water partition coefficient (Wildman–Crippen LogP) is 2.69. The molecule has 2 rings (SSSR count). The van der Waals surface area contributed by atoms with Crippen LogP contribution in [0.15, 0.2) is 36.4 Å². The third-order valence-electron chi connectivity index (χ3n) is 2.14. The van der Waals surface area contributed by atoms with Gasteiger partial charge in [-0.25, -0.2) is 0 Å². The molecule has 17 heavy (non-hydrogen) atoms. The molecule has 86 valence electrons. The number of carbonyl (C=O) groups excluding carboxylic acids is 1. The summed E-state index contributed by atoms with van der Waals surface area (Å²) < 4.78 is 0. The van der Waals surface area contributed by atoms with E-state index in [0.29, 0.717) is 0 Å². The van der Waals surface area contributed by atoms with Crippen LogP contribution < -0.4 is 5.32 Å². The Morgan fingerprint density at radius 1 is 1.24 bits per heavy atom. The maximum Gasteiger partial charge on any atom is 0.276 e. The number of rotatable bonds is 2. The van der Waals surface area contributed by atoms with Crippen molar-refractivity contribution in [2.45, 2.75) is 6.92 Å². The first-order valence-corrected chi connectivity index (χ1v) is 5.40. The summed E-state index contributed by atoms with van der Waals surface area (Å²) >= 11 is 5.59. The molecule has 0 bridgehead atoms. The highest BCUT2D eigenvalue weighted by Crippen LogP contribution is 2.11. The molecule has 0 spiro atoms. The molecule has 1 heterocycles. The lowest BCUT2D eigenvalue weighted by Crippen LogP contribution is -2.14. The molecule has 0 saturated carbocycles. The quantitative estimate of drug-likeness (QED) is 0.888. The molecular formula is C12H10ClN3O. The minimum absolute atomic E-state index is 0.232. The molecular weight excluding hydrogens is 238 g/mol. The number of hydrogen-bond acceptors (Lipinski definition) is 3. The normalized spacial score (nSPS) is 10.0. The predicted molar refractivity (Wildman–Crippen MR) is 66.2 cm³/mol. The number of carbonyl (C=O) groups is 1. The Bertz CT molecular complexity index is 540. The third kappa shape index (κ3) is 3.01. The Kier molecular flexibility index (Phi) is 3.35. The number of aromatic nitrogens is 2. The Hall–Kier alpha value is -1.94. The average molecular weight is 248 g/mol. The lowest BCUT2D eigenvalue weighted by Gasteiger charge is -2.04. The van der Waals surface area contributed by atoms with Gasteiger partial charge in [-0.3, -0.25) is 4.79 Å². The van der Waals surface area contributed by atoms with Gasteiger partial charge in [0.1, 0.15) is 0 Å². The van der Waals surface area contributed by atoms with E-state index in [1.54, 1.807) is 0 Å². The first kappa shape index (κ1) is 11.5. The number of benzene rings is 1. The van der Waals surface area contributed by atoms with Crippen LogP contribution in [0.25, 0.3) is 0 Å². The number of halogens is 1. The molecule has 1 amide bonds. The Balaban J connectivity index is 2.14. The van der Waals surface area contributed by atoms with Crippen LogP contribution in [0.5, 0.6) is 0 Å². The number of nitrogens with one attached hydrogen (secondary N) is 1. The molecule has 4 nitrogen and oxygen atoms in total. The van der Waals surface area contributed by atoms with Gasteiger partial charge in [-0.2, -0.15) is 0 Å². The van der Waals surface area contributed by atoms with Crippen molar-refractivity contribution in [3.05, 3.63) is 52.8 Å². The van der Waals surface area contributed by atoms with Crippen LogP contribution in [0, 0.1) is 6.92 Å². The van der Waals surface area contributed by atoms with E-state index in [9.17, 15) is 4.79 Å². The van der Waals surface area contributed by atoms with Crippen molar-refractivity contribution in [3.8, 4) is 0 Å². The van der Waals surface area contributed by atoms with Crippen molar-refractivity contribution in [1.82, 2.24) is 10.2 Å². The fourth-order valence-corrected chi connectivity index (χ4v) is 1.46. The van der Waals surface area contributed by atoms with E-state index in [2.05, 4.69) is 15.5 Å². The van der Waals surface area contributed by atoms with Crippen LogP contribution >= 0.6 is 11.6 Å². The minimum Gasteiger partial charge on any atom is -0.321 e. The van der Waals surface area contributed by atoms with Gasteiger partial charge in [-0.15, -0.1) is 10.2 Å². The minimum atomic E-state index is -0.306. The first-order valence-electron chi connectivity index (χ1n) is 5.02. The van der Waals surface area contributed by atoms with Gasteiger partial charge < -0.3 is 5.32 Å². The van der Waals surface area contributed by atoms with Crippen molar-refractivity contribution in [2.24, 2.45) is 0 Å². The average Bonchev–Trinajstić information content (AvgIpc) is 2.29. The largest absolute Gasteiger partial charge is 0.321 e. The first-order chi connectivity index (χ1) is 8.15. The lowest BCUT2D eigenvalue weighted by atomic mass is 10.2. The molecule has 0 aliphatic carbocycles. The molecule has 1 aromatic heterocycles. The summed E-state index contributed by atoms with van der Waals surface area (Å²) in [5.41, 5.74) is 2.03. The second-order valence-electron chi connectivity index (χ2n) is 3.56. The summed E-state index contributed by atoms with van der Waals surface area (Å²) in [6.07, 6.45) is 0. The van der Waals surface area contributed by atoms with Crippen molar-refractivity contribution in [1.29, 1.82) is 0 Å². The topological polar surface area (TPSA) is 54.9 Å². The maximum absolute atomic E-state index is 11.8. The van der Waals surface area contributed by atoms with Crippen molar-refractivity contribution in [3.63, 3.8) is 0 Å². The molecule has 2 aromatic rings. The van der Waals surface area contributed by atoms with Gasteiger partial charge in [0, 0.05) is 5.69 Å². The summed E-state index contributed by atoms with van der Waals surface area (Å²) in [7, 11) is 0. The molecule has 0 aliphatic heterocycles. The number of hydrogen-bond donors (Lipinski definition) is 1. The van der Waals surface area contributed by atoms with E-state index < -0.39 is 0 Å². The van der Waals surface area contributed by atoms with Crippen LogP contribution in [0.1, 0.15) is 16.1 Å². The summed E-state index contributed by atoms with van der Waals surface area (Å²) in [4.78, 5) is 11.8. The molecule has 5 heteroatoms. The highest BCUT2D eigenvalue weighted by atomic mass is 35.5. The maximum atomic E-state index is 11.8. The number of aryl methyl sites for hydroxylation is 1. The van der Waals surface area contributed by atoms with E-state index in [0.717, 1.165) is 11.3 Å². The van der Waals surface area contributed by atoms with Crippen LogP contribution in [-0.4, -0.2) is 16.1 Å². The van der Waals surface area contributed by atoms with Crippen molar-refractivity contribution < 1.29 is 4.79 Å². The van der Waals surface area contributed by atoms with Crippen molar-refractivity contribution >= 4 is 23.2 Å². The Morgan fingerprint density at radius 3 is 2.71 bits per heavy atom. The lowest BCUT2D eigenvalue weighted by molar-refractivity contribution is 0.102. The van der Waals surface area contributed by atoms with Gasteiger partial charge in [0.15, 0.2) is 10.8 Å². The van der Waals surface area contributed by atoms with Crippen LogP contribution in [-0.2, 0) is 0 Å². The van der Waals surface area contributed by atoms with Crippen LogP contribution in [0.2, 0.25) is 5.15 Å². The number of anilines is 1. The fourth-order valence-electron chi connectivity index (χ4n) is 1.36.